The van der Waals surface area contributed by atoms with Gasteiger partial charge in [-0.2, -0.15) is 0 Å². The number of rotatable bonds is 5. The van der Waals surface area contributed by atoms with Crippen LogP contribution in [0.25, 0.3) is 0 Å². The van der Waals surface area contributed by atoms with Crippen molar-refractivity contribution >= 4 is 28.9 Å². The van der Waals surface area contributed by atoms with Gasteiger partial charge in [-0.15, -0.1) is 10.2 Å². The summed E-state index contributed by atoms with van der Waals surface area (Å²) in [5.41, 5.74) is 1.68. The number of hydrogen-bond donors (Lipinski definition) is 1. The molecule has 90 valence electrons. The van der Waals surface area contributed by atoms with Gasteiger partial charge in [0.15, 0.2) is 20.9 Å². The maximum absolute atomic E-state index is 5.33. The summed E-state index contributed by atoms with van der Waals surface area (Å²) in [7, 11) is 1.60. The Labute approximate surface area is 107 Å². The van der Waals surface area contributed by atoms with E-state index in [0.717, 1.165) is 15.9 Å². The van der Waals surface area contributed by atoms with Crippen molar-refractivity contribution in [3.05, 3.63) is 11.8 Å². The van der Waals surface area contributed by atoms with Gasteiger partial charge in [0, 0.05) is 6.54 Å². The quantitative estimate of drug-likeness (QED) is 0.831. The Morgan fingerprint density at radius 1 is 1.47 bits per heavy atom. The molecule has 0 spiro atoms. The average Bonchev–Trinajstić information content (AvgIpc) is 2.83. The molecule has 0 saturated carbocycles. The van der Waals surface area contributed by atoms with Crippen molar-refractivity contribution in [2.75, 3.05) is 19.0 Å². The zero-order valence-corrected chi connectivity index (χ0v) is 11.0. The lowest BCUT2D eigenvalue weighted by Gasteiger charge is -2.10. The first-order chi connectivity index (χ1) is 8.35. The van der Waals surface area contributed by atoms with Crippen molar-refractivity contribution < 1.29 is 4.74 Å². The molecule has 0 saturated heterocycles. The molecule has 0 radical (unpaired) electrons. The van der Waals surface area contributed by atoms with Gasteiger partial charge in [-0.3, -0.25) is 0 Å². The molecule has 17 heavy (non-hydrogen) atoms. The first-order valence-corrected chi connectivity index (χ1v) is 6.61. The second-order valence-electron chi connectivity index (χ2n) is 2.90. The van der Waals surface area contributed by atoms with Crippen LogP contribution in [-0.2, 0) is 0 Å². The van der Waals surface area contributed by atoms with Crippen LogP contribution in [0.5, 0.6) is 5.75 Å². The van der Waals surface area contributed by atoms with E-state index in [0.29, 0.717) is 11.6 Å². The standard InChI is InChI=1S/C9H11N5OS2/c1-3-10-7-6(15-2)8(12-4-11-7)17-9-14-13-5-16-9/h4-5H,3H2,1-2H3,(H,10,11,12). The molecule has 0 aliphatic heterocycles. The molecular formula is C9H11N5OS2. The molecule has 0 aliphatic rings. The molecule has 6 nitrogen and oxygen atoms in total. The number of nitrogens with zero attached hydrogens (tertiary/aromatic N) is 4. The highest BCUT2D eigenvalue weighted by Gasteiger charge is 2.14. The van der Waals surface area contributed by atoms with E-state index in [4.69, 9.17) is 4.74 Å². The van der Waals surface area contributed by atoms with Gasteiger partial charge >= 0.3 is 0 Å². The molecule has 0 atom stereocenters. The van der Waals surface area contributed by atoms with E-state index in [1.54, 1.807) is 12.6 Å². The fourth-order valence-corrected chi connectivity index (χ4v) is 2.66. The summed E-state index contributed by atoms with van der Waals surface area (Å²) in [5, 5.41) is 11.6. The van der Waals surface area contributed by atoms with E-state index in [9.17, 15) is 0 Å². The van der Waals surface area contributed by atoms with E-state index < -0.39 is 0 Å². The molecular weight excluding hydrogens is 258 g/mol. The summed E-state index contributed by atoms with van der Waals surface area (Å²) in [6, 6.07) is 0. The summed E-state index contributed by atoms with van der Waals surface area (Å²) in [4.78, 5) is 8.33. The molecule has 0 aliphatic carbocycles. The Hall–Kier alpha value is -1.41. The highest BCUT2D eigenvalue weighted by Crippen LogP contribution is 2.36. The fourth-order valence-electron chi connectivity index (χ4n) is 1.20. The number of aromatic nitrogens is 4. The summed E-state index contributed by atoms with van der Waals surface area (Å²) >= 11 is 2.87. The third-order valence-electron chi connectivity index (χ3n) is 1.84. The van der Waals surface area contributed by atoms with Crippen molar-refractivity contribution in [2.45, 2.75) is 16.3 Å². The van der Waals surface area contributed by atoms with Crippen LogP contribution in [0.2, 0.25) is 0 Å². The van der Waals surface area contributed by atoms with Gasteiger partial charge < -0.3 is 10.1 Å². The van der Waals surface area contributed by atoms with E-state index in [-0.39, 0.29) is 0 Å². The van der Waals surface area contributed by atoms with Gasteiger partial charge in [0.1, 0.15) is 11.8 Å². The van der Waals surface area contributed by atoms with Crippen LogP contribution in [-0.4, -0.2) is 33.8 Å². The van der Waals surface area contributed by atoms with Crippen LogP contribution in [0.1, 0.15) is 6.92 Å². The van der Waals surface area contributed by atoms with Crippen LogP contribution < -0.4 is 10.1 Å². The van der Waals surface area contributed by atoms with Gasteiger partial charge in [0.05, 0.1) is 7.11 Å². The van der Waals surface area contributed by atoms with Crippen molar-refractivity contribution in [3.63, 3.8) is 0 Å². The molecule has 0 fully saturated rings. The zero-order valence-electron chi connectivity index (χ0n) is 9.38. The Morgan fingerprint density at radius 2 is 2.35 bits per heavy atom. The SMILES string of the molecule is CCNc1ncnc(Sc2nncs2)c1OC. The van der Waals surface area contributed by atoms with E-state index >= 15 is 0 Å². The molecule has 2 heterocycles. The first-order valence-electron chi connectivity index (χ1n) is 4.92. The summed E-state index contributed by atoms with van der Waals surface area (Å²) < 4.78 is 6.15. The van der Waals surface area contributed by atoms with Crippen LogP contribution in [0.3, 0.4) is 0 Å². The highest BCUT2D eigenvalue weighted by atomic mass is 32.2. The highest BCUT2D eigenvalue weighted by molar-refractivity contribution is 8.01. The van der Waals surface area contributed by atoms with Crippen molar-refractivity contribution in [1.29, 1.82) is 0 Å². The number of anilines is 1. The third kappa shape index (κ3) is 2.83. The molecule has 0 aromatic carbocycles. The fraction of sp³-hybridized carbons (Fsp3) is 0.333. The van der Waals surface area contributed by atoms with Crippen molar-refractivity contribution in [1.82, 2.24) is 20.2 Å². The second kappa shape index (κ2) is 5.78. The van der Waals surface area contributed by atoms with Gasteiger partial charge in [0.2, 0.25) is 0 Å². The summed E-state index contributed by atoms with van der Waals surface area (Å²) in [5.74, 6) is 1.33. The van der Waals surface area contributed by atoms with Gasteiger partial charge in [-0.05, 0) is 18.7 Å². The molecule has 0 amide bonds. The minimum Gasteiger partial charge on any atom is -0.490 e. The maximum atomic E-state index is 5.33. The van der Waals surface area contributed by atoms with Crippen LogP contribution >= 0.6 is 23.1 Å². The lowest BCUT2D eigenvalue weighted by atomic mass is 10.5. The largest absolute Gasteiger partial charge is 0.490 e. The topological polar surface area (TPSA) is 72.8 Å². The van der Waals surface area contributed by atoms with Gasteiger partial charge in [-0.25, -0.2) is 9.97 Å². The molecule has 0 bridgehead atoms. The number of nitrogens with one attached hydrogen (secondary N) is 1. The smallest absolute Gasteiger partial charge is 0.194 e. The molecule has 2 aromatic rings. The molecule has 2 rings (SSSR count). The third-order valence-corrected chi connectivity index (χ3v) is 3.61. The van der Waals surface area contributed by atoms with Gasteiger partial charge in [0.25, 0.3) is 0 Å². The number of methoxy groups -OCH3 is 1. The molecule has 0 unspecified atom stereocenters. The van der Waals surface area contributed by atoms with Crippen molar-refractivity contribution in [3.8, 4) is 5.75 Å². The Bertz CT molecular complexity index is 476. The molecule has 8 heteroatoms. The Morgan fingerprint density at radius 3 is 3.00 bits per heavy atom. The van der Waals surface area contributed by atoms with Crippen LogP contribution in [0, 0.1) is 0 Å². The monoisotopic (exact) mass is 269 g/mol. The molecule has 1 N–H and O–H groups in total. The average molecular weight is 269 g/mol. The zero-order chi connectivity index (χ0) is 12.1. The number of ether oxygens (including phenoxy) is 1. The van der Waals surface area contributed by atoms with E-state index in [2.05, 4.69) is 25.5 Å². The van der Waals surface area contributed by atoms with Crippen molar-refractivity contribution in [2.24, 2.45) is 0 Å². The minimum atomic E-state index is 0.634. The number of hydrogen-bond acceptors (Lipinski definition) is 8. The van der Waals surface area contributed by atoms with Gasteiger partial charge in [-0.1, -0.05) is 11.3 Å². The predicted molar refractivity (Wildman–Crippen MR) is 66.8 cm³/mol. The lowest BCUT2D eigenvalue weighted by molar-refractivity contribution is 0.400. The van der Waals surface area contributed by atoms with Crippen LogP contribution in [0.4, 0.5) is 5.82 Å². The first kappa shape index (κ1) is 12.1. The molecule has 2 aromatic heterocycles. The Kier molecular flexibility index (Phi) is 4.10. The van der Waals surface area contributed by atoms with E-state index in [1.165, 1.54) is 29.4 Å². The predicted octanol–water partition coefficient (Wildman–Crippen LogP) is 1.92. The maximum Gasteiger partial charge on any atom is 0.194 e. The Balaban J connectivity index is 2.29. The normalized spacial score (nSPS) is 10.2. The lowest BCUT2D eigenvalue weighted by Crippen LogP contribution is -2.03. The van der Waals surface area contributed by atoms with E-state index in [1.807, 2.05) is 6.92 Å². The van der Waals surface area contributed by atoms with Crippen LogP contribution in [0.15, 0.2) is 21.2 Å². The second-order valence-corrected chi connectivity index (χ2v) is 4.97. The summed E-state index contributed by atoms with van der Waals surface area (Å²) in [6.07, 6.45) is 1.50. The minimum absolute atomic E-state index is 0.634. The summed E-state index contributed by atoms with van der Waals surface area (Å²) in [6.45, 7) is 2.77.